The number of hydrogen-bond acceptors (Lipinski definition) is 2. The molecule has 2 nitrogen and oxygen atoms in total. The van der Waals surface area contributed by atoms with Crippen molar-refractivity contribution in [3.8, 4) is 5.75 Å². The van der Waals surface area contributed by atoms with Gasteiger partial charge in [0.05, 0.1) is 11.4 Å². The minimum atomic E-state index is -1.23. The molecule has 0 aromatic carbocycles. The summed E-state index contributed by atoms with van der Waals surface area (Å²) in [4.78, 5) is 3.57. The van der Waals surface area contributed by atoms with Gasteiger partial charge in [-0.3, -0.25) is 4.98 Å². The largest absolute Gasteiger partial charge is 0.503 e. The van der Waals surface area contributed by atoms with Crippen LogP contribution in [0.15, 0.2) is 0 Å². The minimum absolute atomic E-state index is 0. The second-order valence-electron chi connectivity index (χ2n) is 2.26. The quantitative estimate of drug-likeness (QED) is 0.688. The van der Waals surface area contributed by atoms with E-state index in [-0.39, 0.29) is 23.8 Å². The number of aromatic nitrogens is 1. The molecule has 0 fully saturated rings. The van der Waals surface area contributed by atoms with E-state index in [1.807, 2.05) is 0 Å². The van der Waals surface area contributed by atoms with Gasteiger partial charge in [0.2, 0.25) is 5.82 Å². The van der Waals surface area contributed by atoms with Crippen molar-refractivity contribution in [3.05, 3.63) is 23.0 Å². The van der Waals surface area contributed by atoms with Crippen LogP contribution in [0.5, 0.6) is 5.75 Å². The number of nitrogens with zero attached hydrogens (tertiary/aromatic N) is 1. The first-order valence-corrected chi connectivity index (χ1v) is 3.05. The lowest BCUT2D eigenvalue weighted by Crippen LogP contribution is -1.96. The van der Waals surface area contributed by atoms with Crippen LogP contribution in [0, 0.1) is 25.5 Å². The van der Waals surface area contributed by atoms with Gasteiger partial charge in [-0.05, 0) is 13.8 Å². The van der Waals surface area contributed by atoms with Crippen molar-refractivity contribution in [2.45, 2.75) is 13.8 Å². The van der Waals surface area contributed by atoms with Crippen LogP contribution in [0.2, 0.25) is 0 Å². The fourth-order valence-corrected chi connectivity index (χ4v) is 0.775. The molecule has 68 valence electrons. The third-order valence-electron chi connectivity index (χ3n) is 1.40. The first-order chi connectivity index (χ1) is 5.04. The Balaban J connectivity index is 0.00000121. The van der Waals surface area contributed by atoms with Gasteiger partial charge in [0, 0.05) is 0 Å². The number of rotatable bonds is 0. The van der Waals surface area contributed by atoms with Crippen molar-refractivity contribution in [2.24, 2.45) is 0 Å². The molecule has 0 radical (unpaired) electrons. The Kier molecular flexibility index (Phi) is 3.39. The summed E-state index contributed by atoms with van der Waals surface area (Å²) in [7, 11) is 0. The molecule has 0 saturated carbocycles. The molecule has 0 aliphatic carbocycles. The second-order valence-corrected chi connectivity index (χ2v) is 2.26. The molecule has 1 rings (SSSR count). The predicted octanol–water partition coefficient (Wildman–Crippen LogP) is 2.10. The van der Waals surface area contributed by atoms with Crippen LogP contribution in [0.4, 0.5) is 8.78 Å². The predicted molar refractivity (Wildman–Crippen MR) is 42.5 cm³/mol. The number of aryl methyl sites for hydroxylation is 2. The molecule has 0 atom stereocenters. The molecule has 1 aromatic rings. The number of hydrogen-bond donors (Lipinski definition) is 1. The SMILES string of the molecule is Cc1nc(C)c(F)c(F)c1O.Cl. The molecule has 5 heteroatoms. The Bertz CT molecular complexity index is 278. The lowest BCUT2D eigenvalue weighted by atomic mass is 10.3. The highest BCUT2D eigenvalue weighted by atomic mass is 35.5. The van der Waals surface area contributed by atoms with Crippen molar-refractivity contribution >= 4 is 12.4 Å². The topological polar surface area (TPSA) is 33.1 Å². The molecular formula is C7H8ClF2NO. The van der Waals surface area contributed by atoms with Gasteiger partial charge < -0.3 is 5.11 Å². The monoisotopic (exact) mass is 195 g/mol. The van der Waals surface area contributed by atoms with Gasteiger partial charge in [0.15, 0.2) is 11.6 Å². The van der Waals surface area contributed by atoms with E-state index in [1.165, 1.54) is 13.8 Å². The van der Waals surface area contributed by atoms with E-state index in [4.69, 9.17) is 5.11 Å². The molecule has 0 saturated heterocycles. The highest BCUT2D eigenvalue weighted by Gasteiger charge is 2.13. The van der Waals surface area contributed by atoms with E-state index in [9.17, 15) is 8.78 Å². The van der Waals surface area contributed by atoms with Crippen LogP contribution in [-0.4, -0.2) is 10.1 Å². The maximum Gasteiger partial charge on any atom is 0.204 e. The smallest absolute Gasteiger partial charge is 0.204 e. The average molecular weight is 196 g/mol. The lowest BCUT2D eigenvalue weighted by molar-refractivity contribution is 0.395. The van der Waals surface area contributed by atoms with E-state index in [1.54, 1.807) is 0 Å². The Morgan fingerprint density at radius 2 is 1.58 bits per heavy atom. The zero-order chi connectivity index (χ0) is 8.59. The van der Waals surface area contributed by atoms with E-state index in [0.29, 0.717) is 0 Å². The van der Waals surface area contributed by atoms with Crippen LogP contribution in [0.25, 0.3) is 0 Å². The maximum atomic E-state index is 12.6. The number of pyridine rings is 1. The van der Waals surface area contributed by atoms with Crippen molar-refractivity contribution in [1.82, 2.24) is 4.98 Å². The van der Waals surface area contributed by atoms with E-state index in [2.05, 4.69) is 4.98 Å². The summed E-state index contributed by atoms with van der Waals surface area (Å²) < 4.78 is 25.2. The van der Waals surface area contributed by atoms with Crippen LogP contribution in [0.1, 0.15) is 11.4 Å². The third kappa shape index (κ3) is 1.64. The molecule has 0 unspecified atom stereocenters. The van der Waals surface area contributed by atoms with Gasteiger partial charge in [-0.2, -0.15) is 4.39 Å². The summed E-state index contributed by atoms with van der Waals surface area (Å²) in [6.45, 7) is 2.75. The molecule has 0 aliphatic rings. The van der Waals surface area contributed by atoms with Gasteiger partial charge in [0.1, 0.15) is 0 Å². The van der Waals surface area contributed by atoms with E-state index >= 15 is 0 Å². The number of halogens is 3. The molecule has 1 heterocycles. The zero-order valence-corrected chi connectivity index (χ0v) is 7.38. The van der Waals surface area contributed by atoms with Crippen molar-refractivity contribution in [3.63, 3.8) is 0 Å². The highest BCUT2D eigenvalue weighted by Crippen LogP contribution is 2.22. The van der Waals surface area contributed by atoms with Crippen molar-refractivity contribution in [1.29, 1.82) is 0 Å². The molecule has 0 aliphatic heterocycles. The molecule has 0 amide bonds. The molecular weight excluding hydrogens is 188 g/mol. The molecule has 1 N–H and O–H groups in total. The zero-order valence-electron chi connectivity index (χ0n) is 6.56. The standard InChI is InChI=1S/C7H7F2NO.ClH/c1-3-5(8)6(9)7(11)4(2)10-3;/h11H,1-2H3;1H. The third-order valence-corrected chi connectivity index (χ3v) is 1.40. The normalized spacial score (nSPS) is 9.33. The first kappa shape index (κ1) is 11.1. The van der Waals surface area contributed by atoms with Gasteiger partial charge in [-0.1, -0.05) is 0 Å². The molecule has 0 bridgehead atoms. The fraction of sp³-hybridized carbons (Fsp3) is 0.286. The van der Waals surface area contributed by atoms with Crippen molar-refractivity contribution in [2.75, 3.05) is 0 Å². The van der Waals surface area contributed by atoms with Crippen LogP contribution in [-0.2, 0) is 0 Å². The Morgan fingerprint density at radius 1 is 1.08 bits per heavy atom. The number of aromatic hydroxyl groups is 1. The Hall–Kier alpha value is -0.900. The van der Waals surface area contributed by atoms with Gasteiger partial charge in [-0.15, -0.1) is 12.4 Å². The van der Waals surface area contributed by atoms with E-state index in [0.717, 1.165) is 0 Å². The minimum Gasteiger partial charge on any atom is -0.503 e. The molecule has 12 heavy (non-hydrogen) atoms. The van der Waals surface area contributed by atoms with Crippen LogP contribution in [0.3, 0.4) is 0 Å². The lowest BCUT2D eigenvalue weighted by Gasteiger charge is -2.02. The Labute approximate surface area is 74.7 Å². The van der Waals surface area contributed by atoms with Crippen LogP contribution >= 0.6 is 12.4 Å². The average Bonchev–Trinajstić information content (AvgIpc) is 1.97. The van der Waals surface area contributed by atoms with Crippen molar-refractivity contribution < 1.29 is 13.9 Å². The highest BCUT2D eigenvalue weighted by molar-refractivity contribution is 5.85. The Morgan fingerprint density at radius 3 is 2.08 bits per heavy atom. The summed E-state index contributed by atoms with van der Waals surface area (Å²) in [5, 5.41) is 8.83. The fourth-order valence-electron chi connectivity index (χ4n) is 0.775. The van der Waals surface area contributed by atoms with Gasteiger partial charge in [-0.25, -0.2) is 4.39 Å². The summed E-state index contributed by atoms with van der Waals surface area (Å²) in [5.41, 5.74) is 0.0548. The van der Waals surface area contributed by atoms with Gasteiger partial charge in [0.25, 0.3) is 0 Å². The molecule has 0 spiro atoms. The second kappa shape index (κ2) is 3.67. The molecule has 1 aromatic heterocycles. The summed E-state index contributed by atoms with van der Waals surface area (Å²) in [5.74, 6) is -3.03. The summed E-state index contributed by atoms with van der Waals surface area (Å²) in [6, 6.07) is 0. The van der Waals surface area contributed by atoms with Crippen LogP contribution < -0.4 is 0 Å². The summed E-state index contributed by atoms with van der Waals surface area (Å²) >= 11 is 0. The maximum absolute atomic E-state index is 12.6. The van der Waals surface area contributed by atoms with E-state index < -0.39 is 17.4 Å². The first-order valence-electron chi connectivity index (χ1n) is 3.05. The summed E-state index contributed by atoms with van der Waals surface area (Å²) in [6.07, 6.45) is 0. The van der Waals surface area contributed by atoms with Gasteiger partial charge >= 0.3 is 0 Å².